The Labute approximate surface area is 176 Å². The maximum Gasteiger partial charge on any atom is 0.242 e. The molecule has 29 heavy (non-hydrogen) atoms. The fourth-order valence-electron chi connectivity index (χ4n) is 3.21. The minimum atomic E-state index is -0.460. The first-order valence-corrected chi connectivity index (χ1v) is 10.6. The Morgan fingerprint density at radius 3 is 2.34 bits per heavy atom. The maximum atomic E-state index is 12.6. The number of thioether (sulfide) groups is 1. The van der Waals surface area contributed by atoms with Gasteiger partial charge in [0.1, 0.15) is 5.25 Å². The quantitative estimate of drug-likeness (QED) is 0.754. The van der Waals surface area contributed by atoms with Crippen molar-refractivity contribution in [1.82, 2.24) is 4.90 Å². The second-order valence-electron chi connectivity index (χ2n) is 7.67. The first-order chi connectivity index (χ1) is 13.8. The number of amidine groups is 1. The molecule has 1 fully saturated rings. The van der Waals surface area contributed by atoms with Gasteiger partial charge in [-0.15, -0.1) is 0 Å². The van der Waals surface area contributed by atoms with Crippen molar-refractivity contribution in [3.8, 4) is 0 Å². The predicted octanol–water partition coefficient (Wildman–Crippen LogP) is 5.02. The zero-order valence-electron chi connectivity index (χ0n) is 17.5. The molecule has 0 radical (unpaired) electrons. The van der Waals surface area contributed by atoms with Crippen LogP contribution in [0.3, 0.4) is 0 Å². The van der Waals surface area contributed by atoms with E-state index < -0.39 is 5.25 Å². The molecule has 1 aliphatic rings. The van der Waals surface area contributed by atoms with Crippen LogP contribution in [0, 0.1) is 13.8 Å². The van der Waals surface area contributed by atoms with E-state index in [4.69, 9.17) is 4.99 Å². The fourth-order valence-corrected chi connectivity index (χ4v) is 4.35. The fraction of sp³-hybridized carbons (Fsp3) is 0.348. The minimum absolute atomic E-state index is 0.0923. The molecule has 3 rings (SSSR count). The van der Waals surface area contributed by atoms with Crippen molar-refractivity contribution in [2.24, 2.45) is 4.99 Å². The zero-order valence-corrected chi connectivity index (χ0v) is 18.3. The van der Waals surface area contributed by atoms with Gasteiger partial charge in [-0.05, 0) is 48.6 Å². The van der Waals surface area contributed by atoms with Crippen LogP contribution in [0.15, 0.2) is 47.5 Å². The van der Waals surface area contributed by atoms with Crippen molar-refractivity contribution >= 4 is 40.1 Å². The summed E-state index contributed by atoms with van der Waals surface area (Å²) in [5.41, 5.74) is 4.96. The van der Waals surface area contributed by atoms with E-state index in [1.165, 1.54) is 17.3 Å². The zero-order chi connectivity index (χ0) is 21.1. The number of nitrogens with one attached hydrogen (secondary N) is 1. The highest BCUT2D eigenvalue weighted by Crippen LogP contribution is 2.33. The number of hydrogen-bond donors (Lipinski definition) is 1. The van der Waals surface area contributed by atoms with Crippen LogP contribution in [-0.4, -0.2) is 34.2 Å². The largest absolute Gasteiger partial charge is 0.326 e. The van der Waals surface area contributed by atoms with Crippen molar-refractivity contribution in [3.05, 3.63) is 59.2 Å². The van der Waals surface area contributed by atoms with Crippen LogP contribution in [0.2, 0.25) is 0 Å². The standard InChI is InChI=1S/C23H27N3O2S/c1-14(2)17-9-11-18(12-10-17)24-20(27)13-19-22(28)26(5)23(29-19)25-21-15(3)7-6-8-16(21)4/h6-12,14,19H,13H2,1-5H3,(H,24,27)/t19-/m0/s1. The van der Waals surface area contributed by atoms with E-state index >= 15 is 0 Å². The third-order valence-electron chi connectivity index (χ3n) is 5.02. The number of amides is 2. The van der Waals surface area contributed by atoms with Gasteiger partial charge in [-0.25, -0.2) is 4.99 Å². The molecule has 0 spiro atoms. The molecule has 5 nitrogen and oxygen atoms in total. The number of aliphatic imine (C=N–C) groups is 1. The van der Waals surface area contributed by atoms with Gasteiger partial charge in [0.2, 0.25) is 11.8 Å². The summed E-state index contributed by atoms with van der Waals surface area (Å²) in [6, 6.07) is 13.8. The molecule has 0 saturated carbocycles. The molecule has 2 aromatic carbocycles. The molecule has 0 aromatic heterocycles. The predicted molar refractivity (Wildman–Crippen MR) is 121 cm³/mol. The molecule has 1 heterocycles. The first kappa shape index (κ1) is 21.1. The van der Waals surface area contributed by atoms with E-state index in [-0.39, 0.29) is 18.2 Å². The summed E-state index contributed by atoms with van der Waals surface area (Å²) >= 11 is 1.35. The van der Waals surface area contributed by atoms with Crippen LogP contribution in [0.1, 0.15) is 42.9 Å². The number of rotatable bonds is 5. The monoisotopic (exact) mass is 409 g/mol. The van der Waals surface area contributed by atoms with Gasteiger partial charge in [0.05, 0.1) is 5.69 Å². The van der Waals surface area contributed by atoms with Crippen molar-refractivity contribution in [3.63, 3.8) is 0 Å². The molecule has 6 heteroatoms. The van der Waals surface area contributed by atoms with Crippen LogP contribution >= 0.6 is 11.8 Å². The lowest BCUT2D eigenvalue weighted by Crippen LogP contribution is -2.30. The number of nitrogens with zero attached hydrogens (tertiary/aromatic N) is 2. The third kappa shape index (κ3) is 4.88. The highest BCUT2D eigenvalue weighted by atomic mass is 32.2. The highest BCUT2D eigenvalue weighted by molar-refractivity contribution is 8.15. The molecular weight excluding hydrogens is 382 g/mol. The average Bonchev–Trinajstić information content (AvgIpc) is 2.93. The second kappa shape index (κ2) is 8.82. The molecule has 0 bridgehead atoms. The van der Waals surface area contributed by atoms with E-state index in [0.29, 0.717) is 11.1 Å². The van der Waals surface area contributed by atoms with Crippen molar-refractivity contribution in [1.29, 1.82) is 0 Å². The molecule has 1 aliphatic heterocycles. The van der Waals surface area contributed by atoms with Crippen LogP contribution in [-0.2, 0) is 9.59 Å². The summed E-state index contributed by atoms with van der Waals surface area (Å²) in [6.45, 7) is 8.27. The average molecular weight is 410 g/mol. The Balaban J connectivity index is 1.68. The van der Waals surface area contributed by atoms with Gasteiger partial charge in [0, 0.05) is 19.2 Å². The molecule has 2 aromatic rings. The summed E-state index contributed by atoms with van der Waals surface area (Å²) in [6.07, 6.45) is 0.117. The Morgan fingerprint density at radius 1 is 1.14 bits per heavy atom. The lowest BCUT2D eigenvalue weighted by Gasteiger charge is -2.11. The van der Waals surface area contributed by atoms with E-state index in [1.54, 1.807) is 11.9 Å². The normalized spacial score (nSPS) is 18.0. The van der Waals surface area contributed by atoms with Gasteiger partial charge in [0.15, 0.2) is 5.17 Å². The molecule has 0 unspecified atom stereocenters. The Hall–Kier alpha value is -2.60. The van der Waals surface area contributed by atoms with Gasteiger partial charge >= 0.3 is 0 Å². The van der Waals surface area contributed by atoms with Crippen LogP contribution in [0.25, 0.3) is 0 Å². The maximum absolute atomic E-state index is 12.6. The van der Waals surface area contributed by atoms with Gasteiger partial charge in [-0.1, -0.05) is 55.9 Å². The number of para-hydroxylation sites is 1. The summed E-state index contributed by atoms with van der Waals surface area (Å²) in [5.74, 6) is 0.178. The lowest BCUT2D eigenvalue weighted by molar-refractivity contribution is -0.127. The molecule has 1 saturated heterocycles. The molecule has 1 atom stereocenters. The van der Waals surface area contributed by atoms with Crippen molar-refractivity contribution < 1.29 is 9.59 Å². The smallest absolute Gasteiger partial charge is 0.242 e. The highest BCUT2D eigenvalue weighted by Gasteiger charge is 2.37. The number of benzene rings is 2. The first-order valence-electron chi connectivity index (χ1n) is 9.75. The summed E-state index contributed by atoms with van der Waals surface area (Å²) in [7, 11) is 1.71. The number of carbonyl (C=O) groups is 2. The molecule has 2 amide bonds. The lowest BCUT2D eigenvalue weighted by atomic mass is 10.0. The third-order valence-corrected chi connectivity index (χ3v) is 6.25. The van der Waals surface area contributed by atoms with Crippen LogP contribution in [0.5, 0.6) is 0 Å². The minimum Gasteiger partial charge on any atom is -0.326 e. The number of carbonyl (C=O) groups excluding carboxylic acids is 2. The van der Waals surface area contributed by atoms with Crippen molar-refractivity contribution in [2.75, 3.05) is 12.4 Å². The summed E-state index contributed by atoms with van der Waals surface area (Å²) in [4.78, 5) is 31.4. The number of aryl methyl sites for hydroxylation is 2. The van der Waals surface area contributed by atoms with Gasteiger partial charge in [0.25, 0.3) is 0 Å². The van der Waals surface area contributed by atoms with E-state index in [1.807, 2.05) is 56.3 Å². The molecule has 152 valence electrons. The van der Waals surface area contributed by atoms with Gasteiger partial charge in [-0.3, -0.25) is 14.5 Å². The number of anilines is 1. The topological polar surface area (TPSA) is 61.8 Å². The van der Waals surface area contributed by atoms with Gasteiger partial charge in [-0.2, -0.15) is 0 Å². The summed E-state index contributed by atoms with van der Waals surface area (Å²) < 4.78 is 0. The van der Waals surface area contributed by atoms with Crippen molar-refractivity contribution in [2.45, 2.75) is 45.3 Å². The SMILES string of the molecule is Cc1cccc(C)c1N=C1S[C@@H](CC(=O)Nc2ccc(C(C)C)cc2)C(=O)N1C. The molecule has 0 aliphatic carbocycles. The second-order valence-corrected chi connectivity index (χ2v) is 8.84. The summed E-state index contributed by atoms with van der Waals surface area (Å²) in [5, 5.41) is 3.06. The Kier molecular flexibility index (Phi) is 6.42. The van der Waals surface area contributed by atoms with E-state index in [0.717, 1.165) is 22.5 Å². The molecular formula is C23H27N3O2S. The number of hydrogen-bond acceptors (Lipinski definition) is 4. The Bertz CT molecular complexity index is 931. The van der Waals surface area contributed by atoms with Crippen LogP contribution in [0.4, 0.5) is 11.4 Å². The van der Waals surface area contributed by atoms with E-state index in [9.17, 15) is 9.59 Å². The molecule has 1 N–H and O–H groups in total. The van der Waals surface area contributed by atoms with Gasteiger partial charge < -0.3 is 5.32 Å². The Morgan fingerprint density at radius 2 is 1.76 bits per heavy atom. The van der Waals surface area contributed by atoms with E-state index in [2.05, 4.69) is 19.2 Å². The van der Waals surface area contributed by atoms with Crippen LogP contribution < -0.4 is 5.32 Å².